The summed E-state index contributed by atoms with van der Waals surface area (Å²) in [6.45, 7) is 10.3. The van der Waals surface area contributed by atoms with Crippen LogP contribution in [0.5, 0.6) is 5.75 Å². The first kappa shape index (κ1) is 15.3. The van der Waals surface area contributed by atoms with Gasteiger partial charge in [-0.05, 0) is 37.8 Å². The Morgan fingerprint density at radius 1 is 1.30 bits per heavy atom. The summed E-state index contributed by atoms with van der Waals surface area (Å²) in [4.78, 5) is 2.53. The molecule has 112 valence electrons. The molecule has 1 aliphatic heterocycles. The van der Waals surface area contributed by atoms with Gasteiger partial charge in [0.05, 0.1) is 12.6 Å². The minimum absolute atomic E-state index is 0.271. The molecule has 2 N–H and O–H groups in total. The Morgan fingerprint density at radius 3 is 2.70 bits per heavy atom. The number of ether oxygens (including phenoxy) is 1. The number of hydrogen-bond donors (Lipinski definition) is 1. The highest BCUT2D eigenvalue weighted by Crippen LogP contribution is 2.33. The predicted octanol–water partition coefficient (Wildman–Crippen LogP) is 3.06. The zero-order chi connectivity index (χ0) is 14.5. The minimum atomic E-state index is 0.271. The van der Waals surface area contributed by atoms with Crippen LogP contribution in [0.1, 0.15) is 38.8 Å². The van der Waals surface area contributed by atoms with Gasteiger partial charge in [-0.15, -0.1) is 0 Å². The second-order valence-corrected chi connectivity index (χ2v) is 5.96. The first-order valence-corrected chi connectivity index (χ1v) is 7.83. The van der Waals surface area contributed by atoms with Crippen molar-refractivity contribution in [3.63, 3.8) is 0 Å². The SMILES string of the molecule is CCOc1ccccc1C(CN)N1CCC(C)C(C)C1. The molecule has 0 bridgehead atoms. The molecule has 0 aliphatic carbocycles. The first-order valence-electron chi connectivity index (χ1n) is 7.83. The number of likely N-dealkylation sites (tertiary alicyclic amines) is 1. The van der Waals surface area contributed by atoms with Crippen LogP contribution in [0.3, 0.4) is 0 Å². The number of nitrogens with zero attached hydrogens (tertiary/aromatic N) is 1. The molecule has 1 heterocycles. The van der Waals surface area contributed by atoms with Crippen LogP contribution in [0.15, 0.2) is 24.3 Å². The number of benzene rings is 1. The summed E-state index contributed by atoms with van der Waals surface area (Å²) in [6, 6.07) is 8.59. The molecule has 1 aromatic rings. The lowest BCUT2D eigenvalue weighted by atomic mass is 9.87. The number of piperidine rings is 1. The lowest BCUT2D eigenvalue weighted by Gasteiger charge is -2.40. The molecule has 3 unspecified atom stereocenters. The molecule has 0 radical (unpaired) electrons. The number of nitrogens with two attached hydrogens (primary N) is 1. The van der Waals surface area contributed by atoms with Gasteiger partial charge in [0.1, 0.15) is 5.75 Å². The zero-order valence-corrected chi connectivity index (χ0v) is 13.0. The maximum atomic E-state index is 6.08. The fourth-order valence-corrected chi connectivity index (χ4v) is 3.09. The average Bonchev–Trinajstić information content (AvgIpc) is 2.45. The highest BCUT2D eigenvalue weighted by atomic mass is 16.5. The van der Waals surface area contributed by atoms with Gasteiger partial charge in [0.25, 0.3) is 0 Å². The molecule has 1 fully saturated rings. The van der Waals surface area contributed by atoms with Crippen LogP contribution >= 0.6 is 0 Å². The third kappa shape index (κ3) is 3.33. The summed E-state index contributed by atoms with van der Waals surface area (Å²) in [5.74, 6) is 2.53. The second-order valence-electron chi connectivity index (χ2n) is 5.96. The Hall–Kier alpha value is -1.06. The van der Waals surface area contributed by atoms with Gasteiger partial charge in [-0.3, -0.25) is 4.90 Å². The molecule has 3 atom stereocenters. The van der Waals surface area contributed by atoms with Crippen LogP contribution in [0.25, 0.3) is 0 Å². The Bertz CT molecular complexity index is 421. The number of para-hydroxylation sites is 1. The molecule has 1 saturated heterocycles. The third-order valence-corrected chi connectivity index (χ3v) is 4.61. The Labute approximate surface area is 123 Å². The highest BCUT2D eigenvalue weighted by molar-refractivity contribution is 5.36. The van der Waals surface area contributed by atoms with E-state index in [1.54, 1.807) is 0 Å². The smallest absolute Gasteiger partial charge is 0.124 e. The lowest BCUT2D eigenvalue weighted by Crippen LogP contribution is -2.43. The monoisotopic (exact) mass is 276 g/mol. The molecule has 2 rings (SSSR count). The molecule has 1 aliphatic rings. The van der Waals surface area contributed by atoms with E-state index in [4.69, 9.17) is 10.5 Å². The van der Waals surface area contributed by atoms with Gasteiger partial charge in [0, 0.05) is 18.7 Å². The van der Waals surface area contributed by atoms with Crippen LogP contribution in [-0.2, 0) is 0 Å². The van der Waals surface area contributed by atoms with Crippen LogP contribution < -0.4 is 10.5 Å². The van der Waals surface area contributed by atoms with Crippen molar-refractivity contribution in [1.82, 2.24) is 4.90 Å². The zero-order valence-electron chi connectivity index (χ0n) is 13.0. The molecule has 1 aromatic carbocycles. The molecular formula is C17H28N2O. The van der Waals surface area contributed by atoms with Crippen LogP contribution in [0.4, 0.5) is 0 Å². The van der Waals surface area contributed by atoms with Gasteiger partial charge in [-0.1, -0.05) is 32.0 Å². The van der Waals surface area contributed by atoms with E-state index in [0.717, 1.165) is 30.7 Å². The van der Waals surface area contributed by atoms with Crippen molar-refractivity contribution in [2.24, 2.45) is 17.6 Å². The van der Waals surface area contributed by atoms with E-state index in [2.05, 4.69) is 36.9 Å². The van der Waals surface area contributed by atoms with E-state index >= 15 is 0 Å². The van der Waals surface area contributed by atoms with Crippen LogP contribution in [-0.4, -0.2) is 31.1 Å². The van der Waals surface area contributed by atoms with Crippen LogP contribution in [0.2, 0.25) is 0 Å². The van der Waals surface area contributed by atoms with Crippen molar-refractivity contribution < 1.29 is 4.74 Å². The highest BCUT2D eigenvalue weighted by Gasteiger charge is 2.29. The van der Waals surface area contributed by atoms with E-state index in [1.807, 2.05) is 13.0 Å². The molecular weight excluding hydrogens is 248 g/mol. The summed E-state index contributed by atoms with van der Waals surface area (Å²) in [7, 11) is 0. The summed E-state index contributed by atoms with van der Waals surface area (Å²) in [6.07, 6.45) is 1.26. The van der Waals surface area contributed by atoms with Gasteiger partial charge in [0.2, 0.25) is 0 Å². The predicted molar refractivity (Wildman–Crippen MR) is 83.9 cm³/mol. The molecule has 20 heavy (non-hydrogen) atoms. The van der Waals surface area contributed by atoms with Crippen molar-refractivity contribution in [2.45, 2.75) is 33.2 Å². The average molecular weight is 276 g/mol. The van der Waals surface area contributed by atoms with E-state index < -0.39 is 0 Å². The Kier molecular flexibility index (Phi) is 5.44. The standard InChI is InChI=1S/C17H28N2O/c1-4-20-17-8-6-5-7-15(17)16(11-18)19-10-9-13(2)14(3)12-19/h5-8,13-14,16H,4,9-12,18H2,1-3H3. The molecule has 0 amide bonds. The number of hydrogen-bond acceptors (Lipinski definition) is 3. The van der Waals surface area contributed by atoms with E-state index in [0.29, 0.717) is 13.2 Å². The lowest BCUT2D eigenvalue weighted by molar-refractivity contribution is 0.0967. The van der Waals surface area contributed by atoms with E-state index in [1.165, 1.54) is 12.0 Å². The van der Waals surface area contributed by atoms with Gasteiger partial charge in [-0.2, -0.15) is 0 Å². The second kappa shape index (κ2) is 7.09. The van der Waals surface area contributed by atoms with Gasteiger partial charge in [0.15, 0.2) is 0 Å². The largest absolute Gasteiger partial charge is 0.494 e. The van der Waals surface area contributed by atoms with E-state index in [-0.39, 0.29) is 6.04 Å². The maximum Gasteiger partial charge on any atom is 0.124 e. The summed E-state index contributed by atoms with van der Waals surface area (Å²) in [5.41, 5.74) is 7.32. The van der Waals surface area contributed by atoms with E-state index in [9.17, 15) is 0 Å². The Balaban J connectivity index is 2.19. The van der Waals surface area contributed by atoms with Crippen molar-refractivity contribution in [3.05, 3.63) is 29.8 Å². The summed E-state index contributed by atoms with van der Waals surface area (Å²) < 4.78 is 5.78. The quantitative estimate of drug-likeness (QED) is 0.898. The molecule has 3 nitrogen and oxygen atoms in total. The Morgan fingerprint density at radius 2 is 2.05 bits per heavy atom. The minimum Gasteiger partial charge on any atom is -0.494 e. The molecule has 0 saturated carbocycles. The number of rotatable bonds is 5. The van der Waals surface area contributed by atoms with Crippen LogP contribution in [0, 0.1) is 11.8 Å². The maximum absolute atomic E-state index is 6.08. The molecule has 0 aromatic heterocycles. The van der Waals surface area contributed by atoms with Crippen molar-refractivity contribution >= 4 is 0 Å². The fourth-order valence-electron chi connectivity index (χ4n) is 3.09. The first-order chi connectivity index (χ1) is 9.67. The summed E-state index contributed by atoms with van der Waals surface area (Å²) in [5, 5.41) is 0. The normalized spacial score (nSPS) is 25.4. The van der Waals surface area contributed by atoms with Gasteiger partial charge in [-0.25, -0.2) is 0 Å². The van der Waals surface area contributed by atoms with Gasteiger partial charge < -0.3 is 10.5 Å². The van der Waals surface area contributed by atoms with Crippen molar-refractivity contribution in [1.29, 1.82) is 0 Å². The topological polar surface area (TPSA) is 38.5 Å². The van der Waals surface area contributed by atoms with Crippen molar-refractivity contribution in [3.8, 4) is 5.75 Å². The molecule has 3 heteroatoms. The summed E-state index contributed by atoms with van der Waals surface area (Å²) >= 11 is 0. The van der Waals surface area contributed by atoms with Crippen molar-refractivity contribution in [2.75, 3.05) is 26.2 Å². The fraction of sp³-hybridized carbons (Fsp3) is 0.647. The molecule has 0 spiro atoms. The third-order valence-electron chi connectivity index (χ3n) is 4.61. The van der Waals surface area contributed by atoms with Gasteiger partial charge >= 0.3 is 0 Å².